The molecule has 0 amide bonds. The SMILES string of the molecule is CC(COC(=O)c1ccc(O)cc1)NS(=O)(=O)c1cccc2c1CCCC2. The molecule has 1 aliphatic carbocycles. The maximum Gasteiger partial charge on any atom is 0.338 e. The molecular formula is C20H23NO5S. The number of carbonyl (C=O) groups excluding carboxylic acids is 1. The van der Waals surface area contributed by atoms with E-state index in [2.05, 4.69) is 4.72 Å². The average Bonchev–Trinajstić information content (AvgIpc) is 2.66. The summed E-state index contributed by atoms with van der Waals surface area (Å²) in [6.07, 6.45) is 3.72. The van der Waals surface area contributed by atoms with Crippen molar-refractivity contribution < 1.29 is 23.1 Å². The van der Waals surface area contributed by atoms with E-state index in [1.807, 2.05) is 6.07 Å². The lowest BCUT2D eigenvalue weighted by Crippen LogP contribution is -2.37. The van der Waals surface area contributed by atoms with Crippen LogP contribution in [0.1, 0.15) is 41.3 Å². The minimum Gasteiger partial charge on any atom is -0.508 e. The van der Waals surface area contributed by atoms with E-state index in [4.69, 9.17) is 4.74 Å². The average molecular weight is 389 g/mol. The first kappa shape index (κ1) is 19.4. The highest BCUT2D eigenvalue weighted by Gasteiger charge is 2.24. The molecule has 6 nitrogen and oxygen atoms in total. The second kappa shape index (κ2) is 8.10. The van der Waals surface area contributed by atoms with E-state index in [-0.39, 0.29) is 12.4 Å². The number of phenols is 1. The van der Waals surface area contributed by atoms with Gasteiger partial charge in [-0.25, -0.2) is 17.9 Å². The minimum absolute atomic E-state index is 0.0545. The number of hydrogen-bond donors (Lipinski definition) is 2. The molecule has 0 saturated heterocycles. The number of ether oxygens (including phenoxy) is 1. The van der Waals surface area contributed by atoms with Gasteiger partial charge in [0.05, 0.1) is 16.5 Å². The third-order valence-electron chi connectivity index (χ3n) is 4.57. The van der Waals surface area contributed by atoms with Gasteiger partial charge in [0.25, 0.3) is 0 Å². The van der Waals surface area contributed by atoms with Gasteiger partial charge in [-0.2, -0.15) is 0 Å². The Bertz CT molecular complexity index is 922. The Morgan fingerprint density at radius 3 is 2.59 bits per heavy atom. The standard InChI is InChI=1S/C20H23NO5S/c1-14(13-26-20(23)16-9-11-17(22)12-10-16)21-27(24,25)19-8-4-6-15-5-2-3-7-18(15)19/h4,6,8-12,14,21-22H,2-3,5,7,13H2,1H3. The first-order valence-corrected chi connectivity index (χ1v) is 10.4. The van der Waals surface area contributed by atoms with Crippen LogP contribution >= 0.6 is 0 Å². The van der Waals surface area contributed by atoms with Crippen LogP contribution < -0.4 is 4.72 Å². The number of sulfonamides is 1. The zero-order chi connectivity index (χ0) is 19.4. The normalized spacial score (nSPS) is 15.0. The smallest absolute Gasteiger partial charge is 0.338 e. The van der Waals surface area contributed by atoms with Crippen LogP contribution in [0, 0.1) is 0 Å². The van der Waals surface area contributed by atoms with Crippen molar-refractivity contribution in [3.05, 3.63) is 59.2 Å². The number of nitrogens with one attached hydrogen (secondary N) is 1. The summed E-state index contributed by atoms with van der Waals surface area (Å²) >= 11 is 0. The summed E-state index contributed by atoms with van der Waals surface area (Å²) in [5, 5.41) is 9.25. The van der Waals surface area contributed by atoms with Crippen LogP contribution in [0.5, 0.6) is 5.75 Å². The van der Waals surface area contributed by atoms with Crippen molar-refractivity contribution in [2.75, 3.05) is 6.61 Å². The number of benzene rings is 2. The Labute approximate surface area is 159 Å². The Morgan fingerprint density at radius 2 is 1.85 bits per heavy atom. The molecule has 27 heavy (non-hydrogen) atoms. The Morgan fingerprint density at radius 1 is 1.15 bits per heavy atom. The highest BCUT2D eigenvalue weighted by molar-refractivity contribution is 7.89. The van der Waals surface area contributed by atoms with Crippen molar-refractivity contribution in [1.29, 1.82) is 0 Å². The van der Waals surface area contributed by atoms with Gasteiger partial charge in [-0.05, 0) is 74.1 Å². The monoisotopic (exact) mass is 389 g/mol. The lowest BCUT2D eigenvalue weighted by molar-refractivity contribution is 0.0481. The van der Waals surface area contributed by atoms with Crippen LogP contribution in [-0.2, 0) is 27.6 Å². The van der Waals surface area contributed by atoms with Crippen LogP contribution in [0.25, 0.3) is 0 Å². The Hall–Kier alpha value is -2.38. The highest BCUT2D eigenvalue weighted by Crippen LogP contribution is 2.27. The highest BCUT2D eigenvalue weighted by atomic mass is 32.2. The summed E-state index contributed by atoms with van der Waals surface area (Å²) in [5.74, 6) is -0.517. The van der Waals surface area contributed by atoms with Crippen LogP contribution in [0.3, 0.4) is 0 Å². The molecule has 3 rings (SSSR count). The van der Waals surface area contributed by atoms with Gasteiger partial charge in [-0.3, -0.25) is 0 Å². The summed E-state index contributed by atoms with van der Waals surface area (Å²) in [7, 11) is -3.69. The summed E-state index contributed by atoms with van der Waals surface area (Å²) in [6, 6.07) is 10.5. The molecule has 2 aromatic rings. The quantitative estimate of drug-likeness (QED) is 0.741. The first-order chi connectivity index (χ1) is 12.9. The van der Waals surface area contributed by atoms with Gasteiger partial charge in [0.2, 0.25) is 10.0 Å². The minimum atomic E-state index is -3.69. The number of carbonyl (C=O) groups is 1. The van der Waals surface area contributed by atoms with Gasteiger partial charge in [0.15, 0.2) is 0 Å². The summed E-state index contributed by atoms with van der Waals surface area (Å²) in [4.78, 5) is 12.3. The number of phenolic OH excluding ortho intramolecular Hbond substituents is 1. The number of esters is 1. The van der Waals surface area contributed by atoms with E-state index < -0.39 is 22.0 Å². The van der Waals surface area contributed by atoms with Crippen molar-refractivity contribution in [1.82, 2.24) is 4.72 Å². The lowest BCUT2D eigenvalue weighted by atomic mass is 9.92. The zero-order valence-electron chi connectivity index (χ0n) is 15.1. The molecule has 7 heteroatoms. The zero-order valence-corrected chi connectivity index (χ0v) is 16.0. The molecule has 1 unspecified atom stereocenters. The van der Waals surface area contributed by atoms with Gasteiger partial charge in [-0.1, -0.05) is 12.1 Å². The largest absolute Gasteiger partial charge is 0.508 e. The molecule has 0 saturated carbocycles. The van der Waals surface area contributed by atoms with Crippen LogP contribution in [0.4, 0.5) is 0 Å². The molecule has 144 valence electrons. The van der Waals surface area contributed by atoms with E-state index in [0.717, 1.165) is 36.8 Å². The second-order valence-electron chi connectivity index (χ2n) is 6.77. The van der Waals surface area contributed by atoms with Gasteiger partial charge < -0.3 is 9.84 Å². The topological polar surface area (TPSA) is 92.7 Å². The van der Waals surface area contributed by atoms with Gasteiger partial charge in [0, 0.05) is 0 Å². The molecule has 0 heterocycles. The summed E-state index contributed by atoms with van der Waals surface area (Å²) in [6.45, 7) is 1.56. The predicted molar refractivity (Wildman–Crippen MR) is 101 cm³/mol. The third-order valence-corrected chi connectivity index (χ3v) is 6.24. The first-order valence-electron chi connectivity index (χ1n) is 8.96. The fourth-order valence-electron chi connectivity index (χ4n) is 3.24. The molecule has 0 spiro atoms. The number of aryl methyl sites for hydroxylation is 1. The number of hydrogen-bond acceptors (Lipinski definition) is 5. The van der Waals surface area contributed by atoms with E-state index in [1.54, 1.807) is 19.1 Å². The molecule has 0 aromatic heterocycles. The molecule has 2 aromatic carbocycles. The Kier molecular flexibility index (Phi) is 5.82. The molecule has 2 N–H and O–H groups in total. The fourth-order valence-corrected chi connectivity index (χ4v) is 4.78. The maximum absolute atomic E-state index is 12.8. The third kappa shape index (κ3) is 4.67. The van der Waals surface area contributed by atoms with Crippen molar-refractivity contribution in [3.8, 4) is 5.75 Å². The Balaban J connectivity index is 1.64. The van der Waals surface area contributed by atoms with Gasteiger partial charge in [-0.15, -0.1) is 0 Å². The predicted octanol–water partition coefficient (Wildman–Crippen LogP) is 2.79. The van der Waals surface area contributed by atoms with E-state index in [0.29, 0.717) is 10.5 Å². The number of fused-ring (bicyclic) bond motifs is 1. The molecule has 0 fully saturated rings. The molecule has 0 aliphatic heterocycles. The summed E-state index contributed by atoms with van der Waals surface area (Å²) < 4.78 is 33.3. The molecule has 0 bridgehead atoms. The molecule has 1 aliphatic rings. The van der Waals surface area contributed by atoms with Gasteiger partial charge in [0.1, 0.15) is 12.4 Å². The van der Waals surface area contributed by atoms with E-state index in [9.17, 15) is 18.3 Å². The van der Waals surface area contributed by atoms with Crippen molar-refractivity contribution >= 4 is 16.0 Å². The second-order valence-corrected chi connectivity index (χ2v) is 8.45. The fraction of sp³-hybridized carbons (Fsp3) is 0.350. The van der Waals surface area contributed by atoms with Crippen molar-refractivity contribution in [3.63, 3.8) is 0 Å². The lowest BCUT2D eigenvalue weighted by Gasteiger charge is -2.21. The molecular weight excluding hydrogens is 366 g/mol. The molecule has 0 radical (unpaired) electrons. The number of aromatic hydroxyl groups is 1. The van der Waals surface area contributed by atoms with Crippen LogP contribution in [0.15, 0.2) is 47.4 Å². The van der Waals surface area contributed by atoms with E-state index in [1.165, 1.54) is 24.3 Å². The maximum atomic E-state index is 12.8. The van der Waals surface area contributed by atoms with Gasteiger partial charge >= 0.3 is 5.97 Å². The number of rotatable bonds is 6. The van der Waals surface area contributed by atoms with Crippen molar-refractivity contribution in [2.24, 2.45) is 0 Å². The summed E-state index contributed by atoms with van der Waals surface area (Å²) in [5.41, 5.74) is 2.28. The van der Waals surface area contributed by atoms with E-state index >= 15 is 0 Å². The van der Waals surface area contributed by atoms with Crippen LogP contribution in [0.2, 0.25) is 0 Å². The van der Waals surface area contributed by atoms with Crippen molar-refractivity contribution in [2.45, 2.75) is 43.5 Å². The molecule has 1 atom stereocenters. The van der Waals surface area contributed by atoms with Crippen LogP contribution in [-0.4, -0.2) is 32.1 Å².